The Kier molecular flexibility index (Phi) is 4.18. The fourth-order valence-electron chi connectivity index (χ4n) is 1.60. The van der Waals surface area contributed by atoms with Gasteiger partial charge >= 0.3 is 0 Å². The standard InChI is InChI=1S/C14H18/c1-4-7-8-12-9-10-13(5-2)14(6-3)11-12/h4,7-11H,1,5-6H2,2-3H3. The highest BCUT2D eigenvalue weighted by molar-refractivity contribution is 5.53. The SMILES string of the molecule is C=CC=Cc1ccc(CC)c(CC)c1. The molecule has 0 aromatic heterocycles. The smallest absolute Gasteiger partial charge is 0.0254 e. The van der Waals surface area contributed by atoms with Gasteiger partial charge in [-0.05, 0) is 29.5 Å². The zero-order valence-corrected chi connectivity index (χ0v) is 9.09. The van der Waals surface area contributed by atoms with E-state index in [9.17, 15) is 0 Å². The molecular weight excluding hydrogens is 168 g/mol. The van der Waals surface area contributed by atoms with Crippen molar-refractivity contribution >= 4 is 6.08 Å². The highest BCUT2D eigenvalue weighted by atomic mass is 14.0. The third-order valence-electron chi connectivity index (χ3n) is 2.42. The minimum atomic E-state index is 1.11. The lowest BCUT2D eigenvalue weighted by molar-refractivity contribution is 1.04. The van der Waals surface area contributed by atoms with Crippen LogP contribution < -0.4 is 0 Å². The van der Waals surface area contributed by atoms with E-state index in [1.54, 1.807) is 6.08 Å². The second-order valence-electron chi connectivity index (χ2n) is 3.33. The largest absolute Gasteiger partial charge is 0.0991 e. The molecule has 0 heteroatoms. The normalized spacial score (nSPS) is 10.7. The van der Waals surface area contributed by atoms with Crippen molar-refractivity contribution in [3.63, 3.8) is 0 Å². The van der Waals surface area contributed by atoms with Gasteiger partial charge in [-0.3, -0.25) is 0 Å². The molecule has 1 aromatic carbocycles. The maximum absolute atomic E-state index is 3.67. The predicted octanol–water partition coefficient (Wildman–Crippen LogP) is 4.01. The predicted molar refractivity (Wildman–Crippen MR) is 64.4 cm³/mol. The van der Waals surface area contributed by atoms with E-state index in [-0.39, 0.29) is 0 Å². The first kappa shape index (κ1) is 10.8. The Hall–Kier alpha value is -1.30. The van der Waals surface area contributed by atoms with Crippen molar-refractivity contribution in [3.05, 3.63) is 53.6 Å². The first-order chi connectivity index (χ1) is 6.81. The van der Waals surface area contributed by atoms with Gasteiger partial charge in [0.15, 0.2) is 0 Å². The second kappa shape index (κ2) is 5.43. The summed E-state index contributed by atoms with van der Waals surface area (Å²) in [5.41, 5.74) is 4.18. The molecule has 1 aromatic rings. The third-order valence-corrected chi connectivity index (χ3v) is 2.42. The van der Waals surface area contributed by atoms with Crippen LogP contribution in [0.5, 0.6) is 0 Å². The van der Waals surface area contributed by atoms with E-state index >= 15 is 0 Å². The molecule has 0 aliphatic carbocycles. The number of hydrogen-bond acceptors (Lipinski definition) is 0. The Morgan fingerprint density at radius 1 is 1.14 bits per heavy atom. The third kappa shape index (κ3) is 2.59. The average molecular weight is 186 g/mol. The van der Waals surface area contributed by atoms with Crippen molar-refractivity contribution in [2.45, 2.75) is 26.7 Å². The van der Waals surface area contributed by atoms with E-state index < -0.39 is 0 Å². The van der Waals surface area contributed by atoms with E-state index in [1.807, 2.05) is 6.08 Å². The first-order valence-electron chi connectivity index (χ1n) is 5.22. The molecule has 0 N–H and O–H groups in total. The van der Waals surface area contributed by atoms with Crippen molar-refractivity contribution in [1.29, 1.82) is 0 Å². The summed E-state index contributed by atoms with van der Waals surface area (Å²) in [6, 6.07) is 6.65. The van der Waals surface area contributed by atoms with Crippen molar-refractivity contribution in [2.24, 2.45) is 0 Å². The van der Waals surface area contributed by atoms with Crippen LogP contribution in [0.3, 0.4) is 0 Å². The molecule has 0 nitrogen and oxygen atoms in total. The average Bonchev–Trinajstić information content (AvgIpc) is 2.25. The molecule has 0 fully saturated rings. The Bertz CT molecular complexity index is 332. The Labute approximate surface area is 87.0 Å². The number of rotatable bonds is 4. The molecule has 0 saturated carbocycles. The molecule has 0 heterocycles. The molecule has 0 amide bonds. The summed E-state index contributed by atoms with van der Waals surface area (Å²) >= 11 is 0. The second-order valence-corrected chi connectivity index (χ2v) is 3.33. The molecule has 0 radical (unpaired) electrons. The maximum Gasteiger partial charge on any atom is -0.0254 e. The molecule has 0 aliphatic rings. The highest BCUT2D eigenvalue weighted by Crippen LogP contribution is 2.14. The minimum absolute atomic E-state index is 1.11. The van der Waals surface area contributed by atoms with Crippen LogP contribution in [0.15, 0.2) is 36.9 Å². The van der Waals surface area contributed by atoms with Crippen molar-refractivity contribution < 1.29 is 0 Å². The molecule has 0 spiro atoms. The van der Waals surface area contributed by atoms with Crippen LogP contribution in [0, 0.1) is 0 Å². The molecular formula is C14H18. The summed E-state index contributed by atoms with van der Waals surface area (Å²) in [4.78, 5) is 0. The van der Waals surface area contributed by atoms with Gasteiger partial charge in [0.05, 0.1) is 0 Å². The summed E-state index contributed by atoms with van der Waals surface area (Å²) in [7, 11) is 0. The molecule has 0 bridgehead atoms. The fraction of sp³-hybridized carbons (Fsp3) is 0.286. The lowest BCUT2D eigenvalue weighted by Crippen LogP contribution is -1.91. The van der Waals surface area contributed by atoms with Gasteiger partial charge in [-0.15, -0.1) is 0 Å². The van der Waals surface area contributed by atoms with Gasteiger partial charge in [-0.2, -0.15) is 0 Å². The summed E-state index contributed by atoms with van der Waals surface area (Å²) in [5, 5.41) is 0. The Morgan fingerprint density at radius 3 is 2.43 bits per heavy atom. The van der Waals surface area contributed by atoms with Gasteiger partial charge in [0.25, 0.3) is 0 Å². The van der Waals surface area contributed by atoms with Gasteiger partial charge < -0.3 is 0 Å². The molecule has 74 valence electrons. The number of benzene rings is 1. The van der Waals surface area contributed by atoms with Gasteiger partial charge in [-0.1, -0.05) is 56.9 Å². The number of allylic oxidation sites excluding steroid dienone is 2. The molecule has 0 aliphatic heterocycles. The highest BCUT2D eigenvalue weighted by Gasteiger charge is 1.98. The van der Waals surface area contributed by atoms with Crippen LogP contribution in [0.25, 0.3) is 6.08 Å². The van der Waals surface area contributed by atoms with Crippen molar-refractivity contribution in [1.82, 2.24) is 0 Å². The summed E-state index contributed by atoms with van der Waals surface area (Å²) < 4.78 is 0. The quantitative estimate of drug-likeness (QED) is 0.623. The van der Waals surface area contributed by atoms with Crippen LogP contribution in [0.2, 0.25) is 0 Å². The molecule has 0 atom stereocenters. The van der Waals surface area contributed by atoms with E-state index in [0.717, 1.165) is 12.8 Å². The summed E-state index contributed by atoms with van der Waals surface area (Å²) in [6.45, 7) is 8.07. The van der Waals surface area contributed by atoms with E-state index in [2.05, 4.69) is 44.7 Å². The zero-order chi connectivity index (χ0) is 10.4. The van der Waals surface area contributed by atoms with Gasteiger partial charge in [-0.25, -0.2) is 0 Å². The van der Waals surface area contributed by atoms with Crippen molar-refractivity contribution in [3.8, 4) is 0 Å². The van der Waals surface area contributed by atoms with Crippen LogP contribution in [-0.4, -0.2) is 0 Å². The number of aryl methyl sites for hydroxylation is 2. The first-order valence-corrected chi connectivity index (χ1v) is 5.22. The van der Waals surface area contributed by atoms with E-state index in [1.165, 1.54) is 16.7 Å². The van der Waals surface area contributed by atoms with Gasteiger partial charge in [0, 0.05) is 0 Å². The minimum Gasteiger partial charge on any atom is -0.0991 e. The molecule has 1 rings (SSSR count). The van der Waals surface area contributed by atoms with E-state index in [0.29, 0.717) is 0 Å². The maximum atomic E-state index is 3.67. The molecule has 0 saturated heterocycles. The van der Waals surface area contributed by atoms with Gasteiger partial charge in [0.1, 0.15) is 0 Å². The fourth-order valence-corrected chi connectivity index (χ4v) is 1.60. The lowest BCUT2D eigenvalue weighted by atomic mass is 10.00. The zero-order valence-electron chi connectivity index (χ0n) is 9.09. The summed E-state index contributed by atoms with van der Waals surface area (Å²) in [6.07, 6.45) is 8.10. The van der Waals surface area contributed by atoms with Gasteiger partial charge in [0.2, 0.25) is 0 Å². The van der Waals surface area contributed by atoms with Crippen LogP contribution >= 0.6 is 0 Å². The lowest BCUT2D eigenvalue weighted by Gasteiger charge is -2.06. The number of hydrogen-bond donors (Lipinski definition) is 0. The topological polar surface area (TPSA) is 0 Å². The Balaban J connectivity index is 3.00. The van der Waals surface area contributed by atoms with E-state index in [4.69, 9.17) is 0 Å². The van der Waals surface area contributed by atoms with Crippen LogP contribution in [0.1, 0.15) is 30.5 Å². The van der Waals surface area contributed by atoms with Crippen molar-refractivity contribution in [2.75, 3.05) is 0 Å². The molecule has 0 unspecified atom stereocenters. The van der Waals surface area contributed by atoms with Crippen LogP contribution in [0.4, 0.5) is 0 Å². The molecule has 14 heavy (non-hydrogen) atoms. The Morgan fingerprint density at radius 2 is 1.86 bits per heavy atom. The summed E-state index contributed by atoms with van der Waals surface area (Å²) in [5.74, 6) is 0. The van der Waals surface area contributed by atoms with Crippen LogP contribution in [-0.2, 0) is 12.8 Å². The monoisotopic (exact) mass is 186 g/mol.